The monoisotopic (exact) mass is 304 g/mol. The van der Waals surface area contributed by atoms with Gasteiger partial charge in [-0.2, -0.15) is 5.10 Å². The van der Waals surface area contributed by atoms with Crippen molar-refractivity contribution in [1.29, 1.82) is 0 Å². The van der Waals surface area contributed by atoms with Crippen LogP contribution in [0.3, 0.4) is 0 Å². The van der Waals surface area contributed by atoms with Gasteiger partial charge in [-0.05, 0) is 25.1 Å². The van der Waals surface area contributed by atoms with Crippen LogP contribution in [0.1, 0.15) is 15.9 Å². The molecule has 0 fully saturated rings. The van der Waals surface area contributed by atoms with Gasteiger partial charge in [0.25, 0.3) is 12.3 Å². The fourth-order valence-corrected chi connectivity index (χ4v) is 2.24. The summed E-state index contributed by atoms with van der Waals surface area (Å²) in [6.07, 6.45) is -0.00606. The Bertz CT molecular complexity index is 735. The van der Waals surface area contributed by atoms with Crippen molar-refractivity contribution in [3.8, 4) is 0 Å². The third kappa shape index (κ3) is 2.57. The van der Waals surface area contributed by atoms with E-state index in [2.05, 4.69) is 15.7 Å². The molecule has 0 bridgehead atoms. The summed E-state index contributed by atoms with van der Waals surface area (Å²) in [5.74, 6) is -0.115. The summed E-state index contributed by atoms with van der Waals surface area (Å²) in [4.78, 5) is 12.3. The van der Waals surface area contributed by atoms with Gasteiger partial charge in [0.15, 0.2) is 0 Å². The molecule has 22 heavy (non-hydrogen) atoms. The van der Waals surface area contributed by atoms with Crippen LogP contribution in [-0.2, 0) is 0 Å². The summed E-state index contributed by atoms with van der Waals surface area (Å²) in [6, 6.07) is 7.31. The lowest BCUT2D eigenvalue weighted by Gasteiger charge is -2.18. The molecule has 1 aliphatic rings. The van der Waals surface area contributed by atoms with Gasteiger partial charge in [0.05, 0.1) is 6.20 Å². The van der Waals surface area contributed by atoms with Crippen LogP contribution >= 0.6 is 0 Å². The predicted molar refractivity (Wildman–Crippen MR) is 80.1 cm³/mol. The first kappa shape index (κ1) is 14.2. The summed E-state index contributed by atoms with van der Waals surface area (Å²) in [6.45, 7) is 2.18. The molecule has 0 unspecified atom stereocenters. The molecule has 1 aliphatic heterocycles. The number of nitrogens with zero attached hydrogens (tertiary/aromatic N) is 2. The van der Waals surface area contributed by atoms with Crippen molar-refractivity contribution in [3.05, 3.63) is 47.7 Å². The Morgan fingerprint density at radius 3 is 2.77 bits per heavy atom. The van der Waals surface area contributed by atoms with E-state index in [1.54, 1.807) is 12.1 Å². The van der Waals surface area contributed by atoms with Crippen molar-refractivity contribution < 1.29 is 13.6 Å². The van der Waals surface area contributed by atoms with Gasteiger partial charge >= 0.3 is 0 Å². The number of aryl methyl sites for hydroxylation is 1. The summed E-state index contributed by atoms with van der Waals surface area (Å²) in [7, 11) is 0. The van der Waals surface area contributed by atoms with Crippen LogP contribution < -0.4 is 10.6 Å². The van der Waals surface area contributed by atoms with Gasteiger partial charge in [-0.1, -0.05) is 17.7 Å². The van der Waals surface area contributed by atoms with E-state index in [1.807, 2.05) is 19.1 Å². The summed E-state index contributed by atoms with van der Waals surface area (Å²) in [5, 5.41) is 9.51. The molecule has 5 nitrogen and oxygen atoms in total. The number of hydrogen-bond acceptors (Lipinski definition) is 3. The number of halogens is 2. The average Bonchev–Trinajstić information content (AvgIpc) is 2.93. The Morgan fingerprint density at radius 1 is 1.36 bits per heavy atom. The third-order valence-corrected chi connectivity index (χ3v) is 3.37. The molecular formula is C15H14F2N4O. The minimum absolute atomic E-state index is 0.219. The van der Waals surface area contributed by atoms with Crippen LogP contribution in [0.4, 0.5) is 20.3 Å². The zero-order valence-corrected chi connectivity index (χ0v) is 11.8. The van der Waals surface area contributed by atoms with Crippen molar-refractivity contribution in [2.75, 3.05) is 17.2 Å². The summed E-state index contributed by atoms with van der Waals surface area (Å²) in [5.41, 5.74) is 1.72. The normalized spacial score (nSPS) is 13.4. The molecule has 114 valence electrons. The molecule has 1 aromatic heterocycles. The zero-order chi connectivity index (χ0) is 15.7. The highest BCUT2D eigenvalue weighted by Gasteiger charge is 2.25. The van der Waals surface area contributed by atoms with Crippen molar-refractivity contribution in [2.24, 2.45) is 0 Å². The molecule has 1 amide bonds. The lowest BCUT2D eigenvalue weighted by molar-refractivity contribution is 0.102. The molecule has 3 rings (SSSR count). The van der Waals surface area contributed by atoms with Crippen LogP contribution in [0, 0.1) is 6.92 Å². The van der Waals surface area contributed by atoms with E-state index in [0.29, 0.717) is 5.69 Å². The van der Waals surface area contributed by atoms with Crippen LogP contribution in [0.15, 0.2) is 36.5 Å². The molecule has 0 radical (unpaired) electrons. The number of aromatic nitrogens is 2. The first-order valence-corrected chi connectivity index (χ1v) is 6.75. The van der Waals surface area contributed by atoms with Crippen LogP contribution in [0.2, 0.25) is 0 Å². The highest BCUT2D eigenvalue weighted by atomic mass is 19.3. The van der Waals surface area contributed by atoms with Gasteiger partial charge in [-0.3, -0.25) is 4.79 Å². The standard InChI is InChI=1S/C15H14F2N4O/c1-9-2-4-10(5-3-9)20-15(22)11-8-19-21-12(13(16)17)6-7-18-14(11)21/h2-6,8,13,18H,7H2,1H3,(H,20,22). The van der Waals surface area contributed by atoms with Crippen molar-refractivity contribution in [3.63, 3.8) is 0 Å². The maximum atomic E-state index is 12.9. The Balaban J connectivity index is 1.86. The van der Waals surface area contributed by atoms with Crippen molar-refractivity contribution in [1.82, 2.24) is 9.78 Å². The second kappa shape index (κ2) is 5.59. The number of rotatable bonds is 3. The summed E-state index contributed by atoms with van der Waals surface area (Å²) < 4.78 is 26.9. The molecule has 2 heterocycles. The van der Waals surface area contributed by atoms with E-state index >= 15 is 0 Å². The largest absolute Gasteiger partial charge is 0.366 e. The molecule has 0 saturated carbocycles. The summed E-state index contributed by atoms with van der Waals surface area (Å²) >= 11 is 0. The number of fused-ring (bicyclic) bond motifs is 1. The maximum Gasteiger partial charge on any atom is 0.280 e. The van der Waals surface area contributed by atoms with Crippen molar-refractivity contribution in [2.45, 2.75) is 13.3 Å². The second-order valence-electron chi connectivity index (χ2n) is 4.95. The number of anilines is 2. The lowest BCUT2D eigenvalue weighted by atomic mass is 10.2. The smallest absolute Gasteiger partial charge is 0.280 e. The Kier molecular flexibility index (Phi) is 3.62. The fraction of sp³-hybridized carbons (Fsp3) is 0.200. The SMILES string of the molecule is Cc1ccc(NC(=O)c2cnn3c2NCC=C3C(F)F)cc1. The third-order valence-electron chi connectivity index (χ3n) is 3.37. The van der Waals surface area contributed by atoms with Crippen LogP contribution in [0.5, 0.6) is 0 Å². The topological polar surface area (TPSA) is 59.0 Å². The first-order chi connectivity index (χ1) is 10.6. The molecular weight excluding hydrogens is 290 g/mol. The Labute approximate surface area is 125 Å². The molecule has 2 aromatic rings. The number of allylic oxidation sites excluding steroid dienone is 1. The van der Waals surface area contributed by atoms with E-state index in [0.717, 1.165) is 10.2 Å². The Hall–Kier alpha value is -2.70. The molecule has 1 aromatic carbocycles. The maximum absolute atomic E-state index is 12.9. The van der Waals surface area contributed by atoms with E-state index < -0.39 is 12.3 Å². The highest BCUT2D eigenvalue weighted by molar-refractivity contribution is 6.07. The van der Waals surface area contributed by atoms with Crippen molar-refractivity contribution >= 4 is 23.1 Å². The van der Waals surface area contributed by atoms with Gasteiger partial charge in [0.2, 0.25) is 0 Å². The van der Waals surface area contributed by atoms with Gasteiger partial charge < -0.3 is 10.6 Å². The van der Waals surface area contributed by atoms with Gasteiger partial charge in [-0.25, -0.2) is 13.5 Å². The molecule has 7 heteroatoms. The molecule has 0 spiro atoms. The number of alkyl halides is 2. The van der Waals surface area contributed by atoms with E-state index in [4.69, 9.17) is 0 Å². The predicted octanol–water partition coefficient (Wildman–Crippen LogP) is 2.98. The number of carbonyl (C=O) groups is 1. The number of benzene rings is 1. The average molecular weight is 304 g/mol. The van der Waals surface area contributed by atoms with Gasteiger partial charge in [0, 0.05) is 12.2 Å². The second-order valence-corrected chi connectivity index (χ2v) is 4.95. The number of hydrogen-bond donors (Lipinski definition) is 2. The number of nitrogens with one attached hydrogen (secondary N) is 2. The van der Waals surface area contributed by atoms with E-state index in [9.17, 15) is 13.6 Å². The fourth-order valence-electron chi connectivity index (χ4n) is 2.24. The van der Waals surface area contributed by atoms with E-state index in [-0.39, 0.29) is 23.6 Å². The highest BCUT2D eigenvalue weighted by Crippen LogP contribution is 2.27. The van der Waals surface area contributed by atoms with Gasteiger partial charge in [-0.15, -0.1) is 0 Å². The number of carbonyl (C=O) groups excluding carboxylic acids is 1. The quantitative estimate of drug-likeness (QED) is 0.916. The van der Waals surface area contributed by atoms with Crippen LogP contribution in [-0.4, -0.2) is 28.7 Å². The lowest BCUT2D eigenvalue weighted by Crippen LogP contribution is -2.21. The molecule has 2 N–H and O–H groups in total. The van der Waals surface area contributed by atoms with Gasteiger partial charge in [0.1, 0.15) is 17.1 Å². The minimum atomic E-state index is -2.64. The zero-order valence-electron chi connectivity index (χ0n) is 11.8. The van der Waals surface area contributed by atoms with E-state index in [1.165, 1.54) is 12.3 Å². The minimum Gasteiger partial charge on any atom is -0.366 e. The number of amides is 1. The Morgan fingerprint density at radius 2 is 2.09 bits per heavy atom. The van der Waals surface area contributed by atoms with Crippen LogP contribution in [0.25, 0.3) is 5.70 Å². The molecule has 0 aliphatic carbocycles. The molecule has 0 saturated heterocycles. The first-order valence-electron chi connectivity index (χ1n) is 6.75. The molecule has 0 atom stereocenters.